The van der Waals surface area contributed by atoms with E-state index in [1.165, 1.54) is 10.6 Å². The number of hydrogen-bond acceptors (Lipinski definition) is 4. The van der Waals surface area contributed by atoms with Crippen molar-refractivity contribution in [2.75, 3.05) is 0 Å². The van der Waals surface area contributed by atoms with Crippen molar-refractivity contribution in [3.63, 3.8) is 0 Å². The smallest absolute Gasteiger partial charge is 0.302 e. The number of aromatic nitrogens is 1. The molecule has 0 atom stereocenters. The first-order valence-corrected chi connectivity index (χ1v) is 5.80. The summed E-state index contributed by atoms with van der Waals surface area (Å²) in [7, 11) is -0.500. The van der Waals surface area contributed by atoms with Gasteiger partial charge in [0.25, 0.3) is 0 Å². The molecule has 14 heavy (non-hydrogen) atoms. The number of rotatable bonds is 0. The van der Waals surface area contributed by atoms with Gasteiger partial charge in [-0.3, -0.25) is 4.79 Å². The predicted octanol–water partition coefficient (Wildman–Crippen LogP) is 0.0676. The average molecular weight is 229 g/mol. The minimum atomic E-state index is -2.18. The van der Waals surface area contributed by atoms with E-state index in [9.17, 15) is 13.2 Å². The fourth-order valence-electron chi connectivity index (χ4n) is 1.35. The van der Waals surface area contributed by atoms with Crippen LogP contribution in [-0.2, 0) is 23.8 Å². The molecule has 0 bridgehead atoms. The highest BCUT2D eigenvalue weighted by Crippen LogP contribution is 2.19. The second kappa shape index (κ2) is 3.21. The van der Waals surface area contributed by atoms with E-state index in [4.69, 9.17) is 0 Å². The first kappa shape index (κ1) is 9.42. The Bertz CT molecular complexity index is 593. The van der Waals surface area contributed by atoms with Gasteiger partial charge in [0.2, 0.25) is 10.3 Å². The first-order chi connectivity index (χ1) is 6.59. The summed E-state index contributed by atoms with van der Waals surface area (Å²) in [6.45, 7) is 0. The summed E-state index contributed by atoms with van der Waals surface area (Å²) in [6.07, 6.45) is 3.54. The van der Waals surface area contributed by atoms with Crippen LogP contribution in [-0.4, -0.2) is 17.8 Å². The second-order valence-corrected chi connectivity index (χ2v) is 4.99. The minimum absolute atomic E-state index is 0.0578. The van der Waals surface area contributed by atoms with Crippen molar-refractivity contribution in [2.24, 2.45) is 7.05 Å². The molecule has 4 nitrogen and oxygen atoms in total. The Balaban J connectivity index is 2.67. The van der Waals surface area contributed by atoms with Crippen molar-refractivity contribution in [2.45, 2.75) is 6.42 Å². The predicted molar refractivity (Wildman–Crippen MR) is 56.2 cm³/mol. The fraction of sp³-hybridized carbons (Fsp3) is 0.250. The standard InChI is InChI=1S/C8H7NO3S2/c1-9-6-3-2-5(14(11)12)4-7(6)13-8(9)10/h2-3H,4H2,1H3. The maximum atomic E-state index is 11.3. The molecule has 74 valence electrons. The molecule has 1 heterocycles. The molecule has 1 aromatic rings. The van der Waals surface area contributed by atoms with Crippen LogP contribution in [0.2, 0.25) is 0 Å². The van der Waals surface area contributed by atoms with E-state index in [1.807, 2.05) is 0 Å². The van der Waals surface area contributed by atoms with Crippen molar-refractivity contribution >= 4 is 32.6 Å². The van der Waals surface area contributed by atoms with Gasteiger partial charge in [0.05, 0.1) is 10.6 Å². The van der Waals surface area contributed by atoms with Crippen LogP contribution in [0, 0.1) is 0 Å². The molecule has 0 radical (unpaired) electrons. The van der Waals surface area contributed by atoms with Crippen molar-refractivity contribution < 1.29 is 8.42 Å². The van der Waals surface area contributed by atoms with Crippen molar-refractivity contribution in [1.82, 2.24) is 4.57 Å². The van der Waals surface area contributed by atoms with Crippen LogP contribution in [0.3, 0.4) is 0 Å². The average Bonchev–Trinajstić information content (AvgIpc) is 2.42. The number of hydrogen-bond donors (Lipinski definition) is 0. The van der Waals surface area contributed by atoms with Crippen LogP contribution in [0.1, 0.15) is 10.6 Å². The van der Waals surface area contributed by atoms with Gasteiger partial charge in [-0.15, -0.1) is 0 Å². The molecular formula is C8H7NO3S2. The lowest BCUT2D eigenvalue weighted by Gasteiger charge is -2.04. The molecule has 1 aliphatic carbocycles. The van der Waals surface area contributed by atoms with Crippen molar-refractivity contribution in [1.29, 1.82) is 0 Å². The molecule has 1 aliphatic rings. The van der Waals surface area contributed by atoms with Crippen molar-refractivity contribution in [3.05, 3.63) is 26.3 Å². The summed E-state index contributed by atoms with van der Waals surface area (Å²) < 4.78 is 22.9. The Morgan fingerprint density at radius 3 is 2.79 bits per heavy atom. The lowest BCUT2D eigenvalue weighted by atomic mass is 10.1. The van der Waals surface area contributed by atoms with Gasteiger partial charge in [-0.05, 0) is 12.2 Å². The van der Waals surface area contributed by atoms with Crippen LogP contribution >= 0.6 is 11.3 Å². The van der Waals surface area contributed by atoms with Gasteiger partial charge in [-0.2, -0.15) is 8.42 Å². The molecule has 0 amide bonds. The van der Waals surface area contributed by atoms with E-state index < -0.39 is 10.3 Å². The molecule has 0 aliphatic heterocycles. The zero-order valence-electron chi connectivity index (χ0n) is 7.35. The highest BCUT2D eigenvalue weighted by molar-refractivity contribution is 7.73. The molecule has 0 aromatic carbocycles. The maximum absolute atomic E-state index is 11.3. The van der Waals surface area contributed by atoms with Gasteiger partial charge in [-0.25, -0.2) is 0 Å². The van der Waals surface area contributed by atoms with Gasteiger partial charge < -0.3 is 4.57 Å². The minimum Gasteiger partial charge on any atom is -0.302 e. The second-order valence-electron chi connectivity index (χ2n) is 2.95. The Kier molecular flexibility index (Phi) is 2.16. The molecule has 2 rings (SSSR count). The molecule has 6 heteroatoms. The summed E-state index contributed by atoms with van der Waals surface area (Å²) in [6, 6.07) is 0. The Labute approximate surface area is 85.7 Å². The molecular weight excluding hydrogens is 222 g/mol. The largest absolute Gasteiger partial charge is 0.307 e. The summed E-state index contributed by atoms with van der Waals surface area (Å²) in [4.78, 5) is 12.4. The fourth-order valence-corrected chi connectivity index (χ4v) is 2.86. The Hall–Kier alpha value is -1.14. The Morgan fingerprint density at radius 1 is 1.43 bits per heavy atom. The third-order valence-electron chi connectivity index (χ3n) is 2.11. The molecule has 0 N–H and O–H groups in total. The highest BCUT2D eigenvalue weighted by atomic mass is 32.2. The lowest BCUT2D eigenvalue weighted by molar-refractivity contribution is 0.627. The third-order valence-corrected chi connectivity index (χ3v) is 3.86. The molecule has 0 fully saturated rings. The normalized spacial score (nSPS) is 14.2. The van der Waals surface area contributed by atoms with Crippen LogP contribution in [0.25, 0.3) is 6.08 Å². The van der Waals surface area contributed by atoms with Crippen LogP contribution in [0.5, 0.6) is 0 Å². The van der Waals surface area contributed by atoms with E-state index in [0.29, 0.717) is 11.3 Å². The SMILES string of the molecule is Cn1c2c(sc1=O)CC(=S(=O)=O)C=C2. The maximum Gasteiger partial charge on any atom is 0.307 e. The number of allylic oxidation sites excluding steroid dienone is 1. The molecule has 0 unspecified atom stereocenters. The van der Waals surface area contributed by atoms with Gasteiger partial charge in [0, 0.05) is 18.3 Å². The van der Waals surface area contributed by atoms with E-state index >= 15 is 0 Å². The number of fused-ring (bicyclic) bond motifs is 1. The zero-order valence-corrected chi connectivity index (χ0v) is 8.98. The van der Waals surface area contributed by atoms with E-state index in [0.717, 1.165) is 21.9 Å². The Morgan fingerprint density at radius 2 is 2.14 bits per heavy atom. The van der Waals surface area contributed by atoms with Gasteiger partial charge in [0.1, 0.15) is 0 Å². The zero-order chi connectivity index (χ0) is 10.3. The van der Waals surface area contributed by atoms with Crippen molar-refractivity contribution in [3.8, 4) is 0 Å². The number of nitrogens with zero attached hydrogens (tertiary/aromatic N) is 1. The van der Waals surface area contributed by atoms with Gasteiger partial charge >= 0.3 is 4.87 Å². The van der Waals surface area contributed by atoms with E-state index in [1.54, 1.807) is 13.1 Å². The lowest BCUT2D eigenvalue weighted by Crippen LogP contribution is -2.11. The van der Waals surface area contributed by atoms with Gasteiger partial charge in [0.15, 0.2) is 0 Å². The molecule has 0 saturated carbocycles. The topological polar surface area (TPSA) is 56.1 Å². The number of thiazole rings is 1. The summed E-state index contributed by atoms with van der Waals surface area (Å²) >= 11 is 1.10. The molecule has 0 spiro atoms. The van der Waals surface area contributed by atoms with E-state index in [2.05, 4.69) is 0 Å². The quantitative estimate of drug-likeness (QED) is 0.591. The summed E-state index contributed by atoms with van der Waals surface area (Å²) in [5, 5.41) is 0. The summed E-state index contributed by atoms with van der Waals surface area (Å²) in [5.41, 5.74) is 0.814. The van der Waals surface area contributed by atoms with E-state index in [-0.39, 0.29) is 4.87 Å². The van der Waals surface area contributed by atoms with Crippen LogP contribution < -0.4 is 4.87 Å². The van der Waals surface area contributed by atoms with Crippen LogP contribution in [0.4, 0.5) is 0 Å². The summed E-state index contributed by atoms with van der Waals surface area (Å²) in [5.74, 6) is 0. The van der Waals surface area contributed by atoms with Crippen LogP contribution in [0.15, 0.2) is 10.9 Å². The molecule has 1 aromatic heterocycles. The first-order valence-electron chi connectivity index (χ1n) is 3.91. The molecule has 0 saturated heterocycles. The highest BCUT2D eigenvalue weighted by Gasteiger charge is 2.16. The van der Waals surface area contributed by atoms with Gasteiger partial charge in [-0.1, -0.05) is 11.3 Å². The third kappa shape index (κ3) is 1.36. The monoisotopic (exact) mass is 229 g/mol.